The van der Waals surface area contributed by atoms with Crippen LogP contribution in [0.4, 0.5) is 10.5 Å². The van der Waals surface area contributed by atoms with Crippen molar-refractivity contribution in [3.8, 4) is 5.75 Å². The second kappa shape index (κ2) is 9.17. The Balaban J connectivity index is 1.26. The Hall–Kier alpha value is -3.06. The van der Waals surface area contributed by atoms with Gasteiger partial charge in [0.25, 0.3) is 0 Å². The fourth-order valence-corrected chi connectivity index (χ4v) is 4.03. The third-order valence-corrected chi connectivity index (χ3v) is 5.75. The van der Waals surface area contributed by atoms with Crippen LogP contribution in [0.15, 0.2) is 54.6 Å². The highest BCUT2D eigenvalue weighted by Gasteiger charge is 2.33. The predicted octanol–water partition coefficient (Wildman–Crippen LogP) is 2.33. The first-order chi connectivity index (χ1) is 14.6. The molecule has 2 aromatic rings. The standard InChI is InChI=1S/C23H28N4O3/c1-30-21-9-7-20(8-10-21)27-17-19(15-22(27)28)24-23(29)26-13-11-25(12-14-26)16-18-5-3-2-4-6-18/h2-10,19H,11-17H2,1H3,(H,24,29)/t19-/m0/s1. The summed E-state index contributed by atoms with van der Waals surface area (Å²) in [5, 5.41) is 3.05. The normalized spacial score (nSPS) is 19.8. The van der Waals surface area contributed by atoms with Gasteiger partial charge >= 0.3 is 6.03 Å². The van der Waals surface area contributed by atoms with Gasteiger partial charge in [0.1, 0.15) is 5.75 Å². The van der Waals surface area contributed by atoms with Gasteiger partial charge in [-0.3, -0.25) is 9.69 Å². The zero-order chi connectivity index (χ0) is 20.9. The van der Waals surface area contributed by atoms with E-state index in [4.69, 9.17) is 4.74 Å². The highest BCUT2D eigenvalue weighted by atomic mass is 16.5. The molecular formula is C23H28N4O3. The van der Waals surface area contributed by atoms with Crippen LogP contribution in [0.1, 0.15) is 12.0 Å². The lowest BCUT2D eigenvalue weighted by Gasteiger charge is -2.35. The second-order valence-electron chi connectivity index (χ2n) is 7.80. The molecular weight excluding hydrogens is 380 g/mol. The molecule has 7 heteroatoms. The quantitative estimate of drug-likeness (QED) is 0.825. The fourth-order valence-electron chi connectivity index (χ4n) is 4.03. The van der Waals surface area contributed by atoms with Crippen LogP contribution in [-0.2, 0) is 11.3 Å². The number of benzene rings is 2. The zero-order valence-electron chi connectivity index (χ0n) is 17.3. The molecule has 2 fully saturated rings. The molecule has 4 rings (SSSR count). The summed E-state index contributed by atoms with van der Waals surface area (Å²) in [6, 6.07) is 17.5. The molecule has 2 saturated heterocycles. The minimum absolute atomic E-state index is 0.0261. The van der Waals surface area contributed by atoms with Crippen molar-refractivity contribution >= 4 is 17.6 Å². The summed E-state index contributed by atoms with van der Waals surface area (Å²) in [6.07, 6.45) is 0.325. The van der Waals surface area contributed by atoms with E-state index in [1.807, 2.05) is 35.2 Å². The number of anilines is 1. The van der Waals surface area contributed by atoms with Crippen molar-refractivity contribution in [3.63, 3.8) is 0 Å². The topological polar surface area (TPSA) is 65.1 Å². The first-order valence-corrected chi connectivity index (χ1v) is 10.4. The summed E-state index contributed by atoms with van der Waals surface area (Å²) in [5.74, 6) is 0.778. The van der Waals surface area contributed by atoms with Crippen LogP contribution in [0.5, 0.6) is 5.75 Å². The Labute approximate surface area is 177 Å². The van der Waals surface area contributed by atoms with Crippen LogP contribution in [0, 0.1) is 0 Å². The lowest BCUT2D eigenvalue weighted by molar-refractivity contribution is -0.117. The average Bonchev–Trinajstić information content (AvgIpc) is 3.15. The van der Waals surface area contributed by atoms with Gasteiger partial charge in [-0.05, 0) is 29.8 Å². The van der Waals surface area contributed by atoms with Gasteiger partial charge in [-0.15, -0.1) is 0 Å². The highest BCUT2D eigenvalue weighted by Crippen LogP contribution is 2.24. The minimum Gasteiger partial charge on any atom is -0.497 e. The Morgan fingerprint density at radius 2 is 1.73 bits per heavy atom. The van der Waals surface area contributed by atoms with Gasteiger partial charge in [0.05, 0.1) is 13.2 Å². The Morgan fingerprint density at radius 3 is 2.40 bits per heavy atom. The van der Waals surface area contributed by atoms with Gasteiger partial charge in [-0.25, -0.2) is 4.79 Å². The van der Waals surface area contributed by atoms with E-state index in [0.29, 0.717) is 26.1 Å². The van der Waals surface area contributed by atoms with Crippen LogP contribution < -0.4 is 15.0 Å². The first-order valence-electron chi connectivity index (χ1n) is 10.4. The van der Waals surface area contributed by atoms with Crippen molar-refractivity contribution in [2.24, 2.45) is 0 Å². The number of hydrogen-bond donors (Lipinski definition) is 1. The van der Waals surface area contributed by atoms with E-state index in [2.05, 4.69) is 34.5 Å². The molecule has 2 aliphatic heterocycles. The number of nitrogens with zero attached hydrogens (tertiary/aromatic N) is 3. The SMILES string of the molecule is COc1ccc(N2C[C@@H](NC(=O)N3CCN(Cc4ccccc4)CC3)CC2=O)cc1. The molecule has 2 aliphatic rings. The van der Waals surface area contributed by atoms with Crippen molar-refractivity contribution in [1.29, 1.82) is 0 Å². The molecule has 1 atom stereocenters. The number of piperazine rings is 1. The summed E-state index contributed by atoms with van der Waals surface area (Å²) in [5.41, 5.74) is 2.12. The second-order valence-corrected chi connectivity index (χ2v) is 7.80. The number of rotatable bonds is 5. The summed E-state index contributed by atoms with van der Waals surface area (Å²) in [4.78, 5) is 31.1. The molecule has 3 amide bonds. The minimum atomic E-state index is -0.172. The molecule has 1 N–H and O–H groups in total. The average molecular weight is 409 g/mol. The first kappa shape index (κ1) is 20.2. The number of urea groups is 1. The zero-order valence-corrected chi connectivity index (χ0v) is 17.3. The molecule has 30 heavy (non-hydrogen) atoms. The van der Waals surface area contributed by atoms with Crippen LogP contribution in [0.3, 0.4) is 0 Å². The maximum absolute atomic E-state index is 12.7. The lowest BCUT2D eigenvalue weighted by atomic mass is 10.2. The van der Waals surface area contributed by atoms with E-state index in [1.165, 1.54) is 5.56 Å². The number of carbonyl (C=O) groups excluding carboxylic acids is 2. The van der Waals surface area contributed by atoms with Gasteiger partial charge < -0.3 is 19.9 Å². The number of hydrogen-bond acceptors (Lipinski definition) is 4. The lowest BCUT2D eigenvalue weighted by Crippen LogP contribution is -2.53. The molecule has 7 nitrogen and oxygen atoms in total. The Bertz CT molecular complexity index is 864. The Morgan fingerprint density at radius 1 is 1.03 bits per heavy atom. The van der Waals surface area contributed by atoms with Crippen molar-refractivity contribution in [3.05, 3.63) is 60.2 Å². The smallest absolute Gasteiger partial charge is 0.317 e. The molecule has 2 heterocycles. The van der Waals surface area contributed by atoms with Crippen LogP contribution >= 0.6 is 0 Å². The number of nitrogens with one attached hydrogen (secondary N) is 1. The molecule has 0 bridgehead atoms. The maximum atomic E-state index is 12.7. The molecule has 0 radical (unpaired) electrons. The van der Waals surface area contributed by atoms with Crippen molar-refractivity contribution < 1.29 is 14.3 Å². The number of ether oxygens (including phenoxy) is 1. The summed E-state index contributed by atoms with van der Waals surface area (Å²) >= 11 is 0. The Kier molecular flexibility index (Phi) is 6.18. The fraction of sp³-hybridized carbons (Fsp3) is 0.391. The molecule has 0 aromatic heterocycles. The molecule has 158 valence electrons. The molecule has 0 saturated carbocycles. The molecule has 2 aromatic carbocycles. The molecule has 0 unspecified atom stereocenters. The van der Waals surface area contributed by atoms with E-state index in [9.17, 15) is 9.59 Å². The maximum Gasteiger partial charge on any atom is 0.317 e. The van der Waals surface area contributed by atoms with Gasteiger partial charge in [0.2, 0.25) is 5.91 Å². The van der Waals surface area contributed by atoms with Gasteiger partial charge in [0, 0.05) is 51.4 Å². The van der Waals surface area contributed by atoms with E-state index in [-0.39, 0.29) is 18.0 Å². The largest absolute Gasteiger partial charge is 0.497 e. The van der Waals surface area contributed by atoms with Crippen LogP contribution in [0.25, 0.3) is 0 Å². The summed E-state index contributed by atoms with van der Waals surface area (Å²) < 4.78 is 5.17. The number of carbonyl (C=O) groups is 2. The molecule has 0 spiro atoms. The van der Waals surface area contributed by atoms with E-state index in [1.54, 1.807) is 12.0 Å². The molecule has 0 aliphatic carbocycles. The van der Waals surface area contributed by atoms with E-state index >= 15 is 0 Å². The van der Waals surface area contributed by atoms with Gasteiger partial charge in [-0.1, -0.05) is 30.3 Å². The monoisotopic (exact) mass is 408 g/mol. The summed E-state index contributed by atoms with van der Waals surface area (Å²) in [7, 11) is 1.61. The third kappa shape index (κ3) is 4.74. The van der Waals surface area contributed by atoms with Crippen LogP contribution in [-0.4, -0.2) is 67.6 Å². The van der Waals surface area contributed by atoms with E-state index < -0.39 is 0 Å². The summed E-state index contributed by atoms with van der Waals surface area (Å²) in [6.45, 7) is 4.49. The van der Waals surface area contributed by atoms with E-state index in [0.717, 1.165) is 31.1 Å². The van der Waals surface area contributed by atoms with Crippen molar-refractivity contribution in [1.82, 2.24) is 15.1 Å². The number of methoxy groups -OCH3 is 1. The van der Waals surface area contributed by atoms with Crippen molar-refractivity contribution in [2.45, 2.75) is 19.0 Å². The number of amides is 3. The third-order valence-electron chi connectivity index (χ3n) is 5.75. The highest BCUT2D eigenvalue weighted by molar-refractivity contribution is 5.96. The predicted molar refractivity (Wildman–Crippen MR) is 116 cm³/mol. The van der Waals surface area contributed by atoms with Gasteiger partial charge in [0.15, 0.2) is 0 Å². The van der Waals surface area contributed by atoms with Gasteiger partial charge in [-0.2, -0.15) is 0 Å². The van der Waals surface area contributed by atoms with Crippen molar-refractivity contribution in [2.75, 3.05) is 44.7 Å². The van der Waals surface area contributed by atoms with Crippen LogP contribution in [0.2, 0.25) is 0 Å².